The second-order valence-electron chi connectivity index (χ2n) is 3.64. The molecule has 1 N–H and O–H groups in total. The second kappa shape index (κ2) is 5.01. The minimum absolute atomic E-state index is 0.153. The van der Waals surface area contributed by atoms with Crippen LogP contribution in [0.4, 0.5) is 5.82 Å². The monoisotopic (exact) mass is 249 g/mol. The summed E-state index contributed by atoms with van der Waals surface area (Å²) in [7, 11) is 1.69. The van der Waals surface area contributed by atoms with Crippen molar-refractivity contribution < 1.29 is 0 Å². The van der Waals surface area contributed by atoms with Gasteiger partial charge >= 0.3 is 0 Å². The first-order chi connectivity index (χ1) is 8.18. The van der Waals surface area contributed by atoms with Crippen molar-refractivity contribution in [1.82, 2.24) is 9.55 Å². The topological polar surface area (TPSA) is 46.9 Å². The maximum atomic E-state index is 11.7. The highest BCUT2D eigenvalue weighted by molar-refractivity contribution is 6.31. The second-order valence-corrected chi connectivity index (χ2v) is 4.04. The van der Waals surface area contributed by atoms with Crippen LogP contribution < -0.4 is 10.9 Å². The van der Waals surface area contributed by atoms with Crippen LogP contribution in [0.2, 0.25) is 5.02 Å². The average Bonchev–Trinajstić information content (AvgIpc) is 2.33. The molecule has 0 amide bonds. The minimum atomic E-state index is -0.153. The van der Waals surface area contributed by atoms with Gasteiger partial charge in [0.05, 0.1) is 0 Å². The molecule has 0 saturated carbocycles. The Bertz CT molecular complexity index is 580. The molecular formula is C12H12ClN3O. The van der Waals surface area contributed by atoms with Crippen molar-refractivity contribution in [2.45, 2.75) is 6.54 Å². The molecule has 1 aromatic carbocycles. The standard InChI is InChI=1S/C12H12ClN3O/c1-16-7-6-14-11(12(16)17)15-8-9-4-2-3-5-10(9)13/h2-7H,8H2,1H3,(H,14,15). The summed E-state index contributed by atoms with van der Waals surface area (Å²) < 4.78 is 1.47. The van der Waals surface area contributed by atoms with Crippen molar-refractivity contribution >= 4 is 17.4 Å². The minimum Gasteiger partial charge on any atom is -0.361 e. The van der Waals surface area contributed by atoms with Crippen molar-refractivity contribution in [3.05, 3.63) is 57.6 Å². The number of hydrogen-bond donors (Lipinski definition) is 1. The van der Waals surface area contributed by atoms with E-state index >= 15 is 0 Å². The fourth-order valence-electron chi connectivity index (χ4n) is 1.44. The summed E-state index contributed by atoms with van der Waals surface area (Å²) in [4.78, 5) is 15.7. The molecule has 0 bridgehead atoms. The molecule has 17 heavy (non-hydrogen) atoms. The Balaban J connectivity index is 2.16. The summed E-state index contributed by atoms with van der Waals surface area (Å²) in [6.45, 7) is 0.478. The van der Waals surface area contributed by atoms with Crippen LogP contribution in [-0.2, 0) is 13.6 Å². The first-order valence-electron chi connectivity index (χ1n) is 5.17. The largest absolute Gasteiger partial charge is 0.361 e. The Morgan fingerprint density at radius 2 is 2.18 bits per heavy atom. The number of halogens is 1. The Morgan fingerprint density at radius 1 is 1.41 bits per heavy atom. The van der Waals surface area contributed by atoms with E-state index in [1.807, 2.05) is 24.3 Å². The van der Waals surface area contributed by atoms with E-state index in [1.165, 1.54) is 4.57 Å². The third-order valence-electron chi connectivity index (χ3n) is 2.42. The van der Waals surface area contributed by atoms with Crippen molar-refractivity contribution in [2.75, 3.05) is 5.32 Å². The lowest BCUT2D eigenvalue weighted by molar-refractivity contribution is 0.839. The summed E-state index contributed by atoms with van der Waals surface area (Å²) in [5.41, 5.74) is 0.779. The van der Waals surface area contributed by atoms with Gasteiger partial charge in [-0.15, -0.1) is 0 Å². The molecule has 5 heteroatoms. The maximum absolute atomic E-state index is 11.7. The highest BCUT2D eigenvalue weighted by Gasteiger charge is 2.03. The molecule has 0 fully saturated rings. The number of rotatable bonds is 3. The fourth-order valence-corrected chi connectivity index (χ4v) is 1.64. The quantitative estimate of drug-likeness (QED) is 0.906. The Kier molecular flexibility index (Phi) is 3.44. The maximum Gasteiger partial charge on any atom is 0.293 e. The number of anilines is 1. The van der Waals surface area contributed by atoms with E-state index < -0.39 is 0 Å². The number of benzene rings is 1. The van der Waals surface area contributed by atoms with Gasteiger partial charge in [0.15, 0.2) is 5.82 Å². The van der Waals surface area contributed by atoms with Gasteiger partial charge in [0, 0.05) is 31.0 Å². The lowest BCUT2D eigenvalue weighted by atomic mass is 10.2. The van der Waals surface area contributed by atoms with E-state index in [2.05, 4.69) is 10.3 Å². The highest BCUT2D eigenvalue weighted by atomic mass is 35.5. The molecule has 0 spiro atoms. The van der Waals surface area contributed by atoms with Crippen LogP contribution >= 0.6 is 11.6 Å². The molecular weight excluding hydrogens is 238 g/mol. The molecule has 2 rings (SSSR count). The molecule has 1 aromatic heterocycles. The molecule has 2 aromatic rings. The van der Waals surface area contributed by atoms with Crippen LogP contribution in [0.1, 0.15) is 5.56 Å². The third-order valence-corrected chi connectivity index (χ3v) is 2.79. The van der Waals surface area contributed by atoms with Gasteiger partial charge in [0.1, 0.15) is 0 Å². The SMILES string of the molecule is Cn1ccnc(NCc2ccccc2Cl)c1=O. The molecule has 0 aliphatic heterocycles. The van der Waals surface area contributed by atoms with Gasteiger partial charge in [-0.05, 0) is 11.6 Å². The first-order valence-corrected chi connectivity index (χ1v) is 5.55. The first kappa shape index (κ1) is 11.7. The van der Waals surface area contributed by atoms with Crippen LogP contribution in [0.15, 0.2) is 41.5 Å². The predicted octanol–water partition coefficient (Wildman–Crippen LogP) is 2.05. The molecule has 88 valence electrons. The Hall–Kier alpha value is -1.81. The van der Waals surface area contributed by atoms with E-state index in [1.54, 1.807) is 19.4 Å². The molecule has 1 heterocycles. The number of aryl methyl sites for hydroxylation is 1. The van der Waals surface area contributed by atoms with E-state index in [0.717, 1.165) is 5.56 Å². The zero-order valence-electron chi connectivity index (χ0n) is 9.35. The van der Waals surface area contributed by atoms with Crippen molar-refractivity contribution in [3.63, 3.8) is 0 Å². The van der Waals surface area contributed by atoms with Gasteiger partial charge in [-0.2, -0.15) is 0 Å². The van der Waals surface area contributed by atoms with Crippen LogP contribution in [0.5, 0.6) is 0 Å². The van der Waals surface area contributed by atoms with Gasteiger partial charge in [0.2, 0.25) is 0 Å². The molecule has 4 nitrogen and oxygen atoms in total. The third kappa shape index (κ3) is 2.65. The number of hydrogen-bond acceptors (Lipinski definition) is 3. The predicted molar refractivity (Wildman–Crippen MR) is 68.3 cm³/mol. The lowest BCUT2D eigenvalue weighted by Crippen LogP contribution is -2.21. The van der Waals surface area contributed by atoms with Crippen molar-refractivity contribution in [2.24, 2.45) is 7.05 Å². The van der Waals surface area contributed by atoms with Gasteiger partial charge < -0.3 is 9.88 Å². The van der Waals surface area contributed by atoms with Crippen molar-refractivity contribution in [3.8, 4) is 0 Å². The van der Waals surface area contributed by atoms with Crippen LogP contribution in [0.3, 0.4) is 0 Å². The van der Waals surface area contributed by atoms with E-state index in [9.17, 15) is 4.79 Å². The van der Waals surface area contributed by atoms with Crippen LogP contribution in [0, 0.1) is 0 Å². The number of aromatic nitrogens is 2. The Morgan fingerprint density at radius 3 is 2.94 bits per heavy atom. The zero-order valence-corrected chi connectivity index (χ0v) is 10.1. The fraction of sp³-hybridized carbons (Fsp3) is 0.167. The molecule has 0 atom stereocenters. The van der Waals surface area contributed by atoms with Crippen molar-refractivity contribution in [1.29, 1.82) is 0 Å². The lowest BCUT2D eigenvalue weighted by Gasteiger charge is -2.07. The van der Waals surface area contributed by atoms with Crippen LogP contribution in [0.25, 0.3) is 0 Å². The molecule has 0 saturated heterocycles. The number of nitrogens with one attached hydrogen (secondary N) is 1. The zero-order chi connectivity index (χ0) is 12.3. The van der Waals surface area contributed by atoms with E-state index in [-0.39, 0.29) is 5.56 Å². The molecule has 0 aliphatic rings. The molecule has 0 unspecified atom stereocenters. The normalized spacial score (nSPS) is 10.2. The van der Waals surface area contributed by atoms with Gasteiger partial charge in [-0.1, -0.05) is 29.8 Å². The van der Waals surface area contributed by atoms with E-state index in [4.69, 9.17) is 11.6 Å². The molecule has 0 radical (unpaired) electrons. The van der Waals surface area contributed by atoms with E-state index in [0.29, 0.717) is 17.4 Å². The summed E-state index contributed by atoms with van der Waals surface area (Å²) in [5.74, 6) is 0.329. The summed E-state index contributed by atoms with van der Waals surface area (Å²) in [6, 6.07) is 7.49. The smallest absolute Gasteiger partial charge is 0.293 e. The highest BCUT2D eigenvalue weighted by Crippen LogP contribution is 2.15. The molecule has 0 aliphatic carbocycles. The van der Waals surface area contributed by atoms with Crippen LogP contribution in [-0.4, -0.2) is 9.55 Å². The summed E-state index contributed by atoms with van der Waals surface area (Å²) in [5, 5.41) is 3.66. The Labute approximate surface area is 104 Å². The number of nitrogens with zero attached hydrogens (tertiary/aromatic N) is 2. The van der Waals surface area contributed by atoms with Gasteiger partial charge in [0.25, 0.3) is 5.56 Å². The van der Waals surface area contributed by atoms with Gasteiger partial charge in [-0.3, -0.25) is 4.79 Å². The average molecular weight is 250 g/mol. The summed E-state index contributed by atoms with van der Waals surface area (Å²) >= 11 is 6.02. The summed E-state index contributed by atoms with van der Waals surface area (Å²) in [6.07, 6.45) is 3.19. The van der Waals surface area contributed by atoms with Gasteiger partial charge in [-0.25, -0.2) is 4.98 Å².